The van der Waals surface area contributed by atoms with E-state index in [1.807, 2.05) is 67.6 Å². The molecule has 1 heterocycles. The number of nitrogens with one attached hydrogen (secondary N) is 1. The zero-order valence-electron chi connectivity index (χ0n) is 24.4. The second kappa shape index (κ2) is 13.4. The van der Waals surface area contributed by atoms with Crippen LogP contribution in [0.15, 0.2) is 95.6 Å². The number of carbonyl (C=O) groups excluding carboxylic acids is 2. The van der Waals surface area contributed by atoms with Crippen LogP contribution in [0.2, 0.25) is 0 Å². The Morgan fingerprint density at radius 1 is 1.00 bits per heavy atom. The van der Waals surface area contributed by atoms with E-state index < -0.39 is 23.9 Å². The number of phenolic OH excluding ortho intramolecular Hbond substituents is 1. The SMILES string of the molecule is COCC1=C([C@H](O)CC/C(C)=C/c2ccc(O)cc2)[C@H](CO)[C@@H]2C(=O)N(c3ccc(Nc4ccccc4)cc3)C(=O)[C@@H]2C1. The van der Waals surface area contributed by atoms with Crippen molar-refractivity contribution in [1.82, 2.24) is 0 Å². The van der Waals surface area contributed by atoms with Crippen molar-refractivity contribution in [2.45, 2.75) is 32.3 Å². The second-order valence-corrected chi connectivity index (χ2v) is 11.3. The summed E-state index contributed by atoms with van der Waals surface area (Å²) in [6, 6.07) is 23.7. The Balaban J connectivity index is 1.34. The van der Waals surface area contributed by atoms with Gasteiger partial charge in [0.05, 0.1) is 36.8 Å². The topological polar surface area (TPSA) is 119 Å². The highest BCUT2D eigenvalue weighted by Crippen LogP contribution is 2.47. The maximum Gasteiger partial charge on any atom is 0.238 e. The summed E-state index contributed by atoms with van der Waals surface area (Å²) in [7, 11) is 1.56. The molecule has 0 aromatic heterocycles. The van der Waals surface area contributed by atoms with E-state index >= 15 is 0 Å². The first-order valence-corrected chi connectivity index (χ1v) is 14.6. The molecule has 0 bridgehead atoms. The third-order valence-electron chi connectivity index (χ3n) is 8.36. The zero-order chi connectivity index (χ0) is 30.5. The number of fused-ring (bicyclic) bond motifs is 1. The fourth-order valence-electron chi connectivity index (χ4n) is 6.35. The zero-order valence-corrected chi connectivity index (χ0v) is 24.4. The molecule has 0 radical (unpaired) electrons. The number of aromatic hydroxyl groups is 1. The van der Waals surface area contributed by atoms with Gasteiger partial charge in [0.25, 0.3) is 0 Å². The van der Waals surface area contributed by atoms with Gasteiger partial charge in [-0.25, -0.2) is 0 Å². The number of anilines is 3. The first-order chi connectivity index (χ1) is 20.8. The predicted octanol–water partition coefficient (Wildman–Crippen LogP) is 5.44. The number of amides is 2. The number of allylic oxidation sites excluding steroid dienone is 1. The minimum atomic E-state index is -0.910. The van der Waals surface area contributed by atoms with Crippen molar-refractivity contribution in [2.24, 2.45) is 17.8 Å². The molecule has 5 rings (SSSR count). The van der Waals surface area contributed by atoms with Crippen molar-refractivity contribution >= 4 is 35.0 Å². The van der Waals surface area contributed by atoms with E-state index in [1.54, 1.807) is 31.4 Å². The predicted molar refractivity (Wildman–Crippen MR) is 167 cm³/mol. The van der Waals surface area contributed by atoms with Gasteiger partial charge in [-0.2, -0.15) is 0 Å². The number of carbonyl (C=O) groups is 2. The molecular weight excluding hydrogens is 544 g/mol. The first-order valence-electron chi connectivity index (χ1n) is 14.6. The number of aliphatic hydroxyl groups excluding tert-OH is 2. The van der Waals surface area contributed by atoms with Crippen LogP contribution in [0.5, 0.6) is 5.75 Å². The molecule has 3 aromatic rings. The van der Waals surface area contributed by atoms with Crippen LogP contribution in [-0.4, -0.2) is 53.6 Å². The first kappa shape index (κ1) is 30.2. The number of imide groups is 1. The number of nitrogens with zero attached hydrogens (tertiary/aromatic N) is 1. The highest BCUT2D eigenvalue weighted by atomic mass is 16.5. The van der Waals surface area contributed by atoms with Crippen molar-refractivity contribution in [3.8, 4) is 5.75 Å². The van der Waals surface area contributed by atoms with Gasteiger partial charge in [-0.05, 0) is 91.4 Å². The molecular formula is C35H38N2O6. The molecule has 8 nitrogen and oxygen atoms in total. The number of hydrogen-bond donors (Lipinski definition) is 4. The van der Waals surface area contributed by atoms with Gasteiger partial charge in [0.2, 0.25) is 11.8 Å². The van der Waals surface area contributed by atoms with Crippen molar-refractivity contribution in [2.75, 3.05) is 30.5 Å². The largest absolute Gasteiger partial charge is 0.508 e. The highest BCUT2D eigenvalue weighted by molar-refractivity contribution is 6.22. The normalized spacial score (nSPS) is 21.3. The molecule has 0 spiro atoms. The van der Waals surface area contributed by atoms with E-state index in [4.69, 9.17) is 4.74 Å². The Bertz CT molecular complexity index is 1500. The Morgan fingerprint density at radius 3 is 2.33 bits per heavy atom. The summed E-state index contributed by atoms with van der Waals surface area (Å²) in [5.41, 5.74) is 5.57. The second-order valence-electron chi connectivity index (χ2n) is 11.3. The summed E-state index contributed by atoms with van der Waals surface area (Å²) < 4.78 is 5.45. The molecule has 1 aliphatic heterocycles. The summed E-state index contributed by atoms with van der Waals surface area (Å²) in [5.74, 6) is -2.55. The lowest BCUT2D eigenvalue weighted by Crippen LogP contribution is -2.39. The van der Waals surface area contributed by atoms with Gasteiger partial charge < -0.3 is 25.4 Å². The molecule has 43 heavy (non-hydrogen) atoms. The van der Waals surface area contributed by atoms with Crippen molar-refractivity contribution in [1.29, 1.82) is 0 Å². The standard InChI is InChI=1S/C35H38N2O6/c1-22(18-23-9-15-28(39)16-10-23)8-17-31(40)32-24(21-43-2)19-29-33(30(32)20-38)35(42)37(34(29)41)27-13-11-26(12-14-27)36-25-6-4-3-5-7-25/h3-7,9-16,18,29-31,33,36,38-40H,8,17,19-21H2,1-2H3/b22-18+/t29-,30+,31-,33-/m1/s1. The van der Waals surface area contributed by atoms with Gasteiger partial charge >= 0.3 is 0 Å². The molecule has 8 heteroatoms. The minimum Gasteiger partial charge on any atom is -0.508 e. The molecule has 0 unspecified atom stereocenters. The lowest BCUT2D eigenvalue weighted by atomic mass is 9.68. The number of para-hydroxylation sites is 1. The van der Waals surface area contributed by atoms with E-state index in [-0.39, 0.29) is 30.8 Å². The Kier molecular flexibility index (Phi) is 9.40. The van der Waals surface area contributed by atoms with Crippen LogP contribution in [0.4, 0.5) is 17.1 Å². The third-order valence-corrected chi connectivity index (χ3v) is 8.36. The average Bonchev–Trinajstić information content (AvgIpc) is 3.26. The highest BCUT2D eigenvalue weighted by Gasteiger charge is 2.55. The third kappa shape index (κ3) is 6.57. The van der Waals surface area contributed by atoms with Crippen LogP contribution in [-0.2, 0) is 14.3 Å². The fraction of sp³-hybridized carbons (Fsp3) is 0.314. The Hall–Kier alpha value is -4.24. The molecule has 2 aliphatic rings. The molecule has 2 amide bonds. The number of rotatable bonds is 11. The maximum absolute atomic E-state index is 13.8. The van der Waals surface area contributed by atoms with Crippen molar-refractivity contribution in [3.05, 3.63) is 101 Å². The summed E-state index contributed by atoms with van der Waals surface area (Å²) in [6.07, 6.45) is 2.35. The molecule has 1 fully saturated rings. The summed E-state index contributed by atoms with van der Waals surface area (Å²) >= 11 is 0. The van der Waals surface area contributed by atoms with Crippen LogP contribution in [0.3, 0.4) is 0 Å². The lowest BCUT2D eigenvalue weighted by molar-refractivity contribution is -0.123. The maximum atomic E-state index is 13.8. The van der Waals surface area contributed by atoms with Crippen LogP contribution in [0, 0.1) is 17.8 Å². The van der Waals surface area contributed by atoms with Gasteiger partial charge in [-0.3, -0.25) is 14.5 Å². The summed E-state index contributed by atoms with van der Waals surface area (Å²) in [4.78, 5) is 28.8. The van der Waals surface area contributed by atoms with Crippen LogP contribution >= 0.6 is 0 Å². The Labute approximate surface area is 251 Å². The quantitative estimate of drug-likeness (QED) is 0.176. The van der Waals surface area contributed by atoms with Gasteiger partial charge in [-0.15, -0.1) is 0 Å². The number of aliphatic hydroxyl groups is 2. The Morgan fingerprint density at radius 2 is 1.67 bits per heavy atom. The van der Waals surface area contributed by atoms with Crippen LogP contribution < -0.4 is 10.2 Å². The molecule has 3 aromatic carbocycles. The number of ether oxygens (including phenoxy) is 1. The van der Waals surface area contributed by atoms with Crippen LogP contribution in [0.25, 0.3) is 6.08 Å². The number of phenols is 1. The monoisotopic (exact) mass is 582 g/mol. The lowest BCUT2D eigenvalue weighted by Gasteiger charge is -2.36. The van der Waals surface area contributed by atoms with E-state index in [0.717, 1.165) is 28.1 Å². The molecule has 224 valence electrons. The summed E-state index contributed by atoms with van der Waals surface area (Å²) in [6.45, 7) is 1.81. The van der Waals surface area contributed by atoms with E-state index in [2.05, 4.69) is 5.32 Å². The molecule has 1 saturated heterocycles. The van der Waals surface area contributed by atoms with Gasteiger partial charge in [0.15, 0.2) is 0 Å². The molecule has 0 saturated carbocycles. The van der Waals surface area contributed by atoms with E-state index in [9.17, 15) is 24.9 Å². The van der Waals surface area contributed by atoms with Gasteiger partial charge in [0.1, 0.15) is 5.75 Å². The molecule has 4 N–H and O–H groups in total. The van der Waals surface area contributed by atoms with Gasteiger partial charge in [-0.1, -0.05) is 42.0 Å². The average molecular weight is 583 g/mol. The van der Waals surface area contributed by atoms with Crippen molar-refractivity contribution < 1.29 is 29.6 Å². The number of benzene rings is 3. The number of methoxy groups -OCH3 is 1. The van der Waals surface area contributed by atoms with E-state index in [0.29, 0.717) is 30.5 Å². The van der Waals surface area contributed by atoms with Crippen molar-refractivity contribution in [3.63, 3.8) is 0 Å². The van der Waals surface area contributed by atoms with Crippen LogP contribution in [0.1, 0.15) is 31.7 Å². The molecule has 1 aliphatic carbocycles. The number of hydrogen-bond acceptors (Lipinski definition) is 7. The van der Waals surface area contributed by atoms with E-state index in [1.165, 1.54) is 4.90 Å². The molecule has 4 atom stereocenters. The van der Waals surface area contributed by atoms with Gasteiger partial charge in [0, 0.05) is 24.4 Å². The minimum absolute atomic E-state index is 0.198. The smallest absolute Gasteiger partial charge is 0.238 e. The fourth-order valence-corrected chi connectivity index (χ4v) is 6.35. The summed E-state index contributed by atoms with van der Waals surface area (Å²) in [5, 5.41) is 34.8.